The summed E-state index contributed by atoms with van der Waals surface area (Å²) in [5.41, 5.74) is 2.76. The van der Waals surface area contributed by atoms with Gasteiger partial charge in [0.1, 0.15) is 5.54 Å². The Hall–Kier alpha value is -3.24. The van der Waals surface area contributed by atoms with E-state index >= 15 is 0 Å². The third-order valence-electron chi connectivity index (χ3n) is 5.67. The Morgan fingerprint density at radius 3 is 2.29 bits per heavy atom. The van der Waals surface area contributed by atoms with E-state index in [-0.39, 0.29) is 11.7 Å². The minimum Gasteiger partial charge on any atom is -0.377 e. The van der Waals surface area contributed by atoms with Gasteiger partial charge in [-0.3, -0.25) is 14.5 Å². The molecule has 0 saturated carbocycles. The lowest BCUT2D eigenvalue weighted by atomic mass is 9.83. The second-order valence-corrected chi connectivity index (χ2v) is 7.18. The number of fused-ring (bicyclic) bond motifs is 5. The van der Waals surface area contributed by atoms with Crippen LogP contribution in [-0.2, 0) is 16.9 Å². The SMILES string of the molecule is O=C1c2ccccc2[C@]2(CCOCc3ccccc3)C(=O)c3ccccc3N12. The van der Waals surface area contributed by atoms with Gasteiger partial charge in [-0.1, -0.05) is 60.7 Å². The molecule has 2 aliphatic heterocycles. The van der Waals surface area contributed by atoms with Crippen LogP contribution in [0.3, 0.4) is 0 Å². The molecule has 0 aliphatic carbocycles. The van der Waals surface area contributed by atoms with Crippen molar-refractivity contribution in [2.75, 3.05) is 11.5 Å². The number of para-hydroxylation sites is 1. The van der Waals surface area contributed by atoms with Crippen LogP contribution < -0.4 is 4.90 Å². The molecule has 3 aromatic rings. The number of rotatable bonds is 5. The predicted molar refractivity (Wildman–Crippen MR) is 106 cm³/mol. The molecule has 4 nitrogen and oxygen atoms in total. The highest BCUT2D eigenvalue weighted by molar-refractivity contribution is 6.27. The molecule has 0 bridgehead atoms. The van der Waals surface area contributed by atoms with Gasteiger partial charge >= 0.3 is 0 Å². The maximum atomic E-state index is 13.5. The van der Waals surface area contributed by atoms with Crippen LogP contribution in [0.2, 0.25) is 0 Å². The van der Waals surface area contributed by atoms with Crippen LogP contribution in [-0.4, -0.2) is 18.3 Å². The standard InChI is InChI=1S/C24H19NO3/c26-22-19-11-5-7-13-21(19)25-23(27)18-10-4-6-12-20(18)24(22,25)14-15-28-16-17-8-2-1-3-9-17/h1-13H,14-16H2/t24-/m1/s1. The Kier molecular flexibility index (Phi) is 3.88. The summed E-state index contributed by atoms with van der Waals surface area (Å²) in [4.78, 5) is 28.4. The van der Waals surface area contributed by atoms with Gasteiger partial charge in [-0.15, -0.1) is 0 Å². The molecule has 0 saturated heterocycles. The maximum Gasteiger partial charge on any atom is 0.259 e. The molecule has 0 N–H and O–H groups in total. The number of nitrogens with zero attached hydrogens (tertiary/aromatic N) is 1. The highest BCUT2D eigenvalue weighted by Gasteiger charge is 2.60. The number of ether oxygens (including phenoxy) is 1. The highest BCUT2D eigenvalue weighted by atomic mass is 16.5. The van der Waals surface area contributed by atoms with Crippen LogP contribution >= 0.6 is 0 Å². The molecule has 1 amide bonds. The van der Waals surface area contributed by atoms with Gasteiger partial charge in [0.25, 0.3) is 5.91 Å². The van der Waals surface area contributed by atoms with Crippen molar-refractivity contribution in [3.05, 3.63) is 101 Å². The van der Waals surface area contributed by atoms with Gasteiger partial charge in [-0.2, -0.15) is 0 Å². The number of amides is 1. The van der Waals surface area contributed by atoms with Crippen LogP contribution in [0.25, 0.3) is 0 Å². The highest BCUT2D eigenvalue weighted by Crippen LogP contribution is 2.52. The van der Waals surface area contributed by atoms with Crippen molar-refractivity contribution in [1.29, 1.82) is 0 Å². The van der Waals surface area contributed by atoms with Gasteiger partial charge in [0.05, 0.1) is 18.9 Å². The van der Waals surface area contributed by atoms with Gasteiger partial charge in [0, 0.05) is 17.5 Å². The number of anilines is 1. The van der Waals surface area contributed by atoms with E-state index in [2.05, 4.69) is 0 Å². The fourth-order valence-corrected chi connectivity index (χ4v) is 4.41. The molecule has 0 radical (unpaired) electrons. The summed E-state index contributed by atoms with van der Waals surface area (Å²) < 4.78 is 5.89. The fraction of sp³-hybridized carbons (Fsp3) is 0.167. The van der Waals surface area contributed by atoms with Crippen LogP contribution in [0.15, 0.2) is 78.9 Å². The smallest absolute Gasteiger partial charge is 0.259 e. The number of benzene rings is 3. The third kappa shape index (κ3) is 2.28. The Morgan fingerprint density at radius 2 is 1.46 bits per heavy atom. The third-order valence-corrected chi connectivity index (χ3v) is 5.67. The molecule has 0 unspecified atom stereocenters. The maximum absolute atomic E-state index is 13.5. The summed E-state index contributed by atoms with van der Waals surface area (Å²) in [7, 11) is 0. The van der Waals surface area contributed by atoms with Crippen molar-refractivity contribution in [3.63, 3.8) is 0 Å². The number of hydrogen-bond acceptors (Lipinski definition) is 3. The number of carbonyl (C=O) groups excluding carboxylic acids is 2. The molecule has 2 aliphatic rings. The van der Waals surface area contributed by atoms with Crippen molar-refractivity contribution in [2.45, 2.75) is 18.6 Å². The van der Waals surface area contributed by atoms with E-state index in [0.29, 0.717) is 36.4 Å². The Labute approximate surface area is 163 Å². The molecular formula is C24H19NO3. The van der Waals surface area contributed by atoms with Gasteiger partial charge in [-0.05, 0) is 29.3 Å². The lowest BCUT2D eigenvalue weighted by Gasteiger charge is -2.31. The van der Waals surface area contributed by atoms with E-state index in [4.69, 9.17) is 4.74 Å². The normalized spacial score (nSPS) is 19.5. The molecule has 5 rings (SSSR count). The van der Waals surface area contributed by atoms with Crippen LogP contribution in [0, 0.1) is 0 Å². The molecule has 0 aromatic heterocycles. The van der Waals surface area contributed by atoms with E-state index in [1.165, 1.54) is 0 Å². The lowest BCUT2D eigenvalue weighted by molar-refractivity contribution is 0.0746. The summed E-state index contributed by atoms with van der Waals surface area (Å²) in [5, 5.41) is 0. The average molecular weight is 369 g/mol. The minimum atomic E-state index is -1.01. The van der Waals surface area contributed by atoms with E-state index in [1.807, 2.05) is 66.7 Å². The van der Waals surface area contributed by atoms with Crippen molar-refractivity contribution < 1.29 is 14.3 Å². The molecule has 2 heterocycles. The van der Waals surface area contributed by atoms with Crippen LogP contribution in [0.4, 0.5) is 5.69 Å². The molecule has 0 fully saturated rings. The lowest BCUT2D eigenvalue weighted by Crippen LogP contribution is -2.45. The summed E-state index contributed by atoms with van der Waals surface area (Å²) in [5.74, 6) is -0.137. The fourth-order valence-electron chi connectivity index (χ4n) is 4.41. The molecule has 3 aromatic carbocycles. The molecule has 1 atom stereocenters. The Bertz CT molecular complexity index is 1080. The topological polar surface area (TPSA) is 46.6 Å². The minimum absolute atomic E-state index is 0.0234. The van der Waals surface area contributed by atoms with Crippen molar-refractivity contribution >= 4 is 17.4 Å². The summed E-state index contributed by atoms with van der Waals surface area (Å²) in [6.45, 7) is 0.861. The molecule has 4 heteroatoms. The van der Waals surface area contributed by atoms with Gasteiger partial charge in [0.2, 0.25) is 0 Å². The van der Waals surface area contributed by atoms with E-state index in [0.717, 1.165) is 11.1 Å². The van der Waals surface area contributed by atoms with Crippen molar-refractivity contribution in [1.82, 2.24) is 0 Å². The first-order valence-corrected chi connectivity index (χ1v) is 9.43. The molecule has 138 valence electrons. The van der Waals surface area contributed by atoms with E-state index in [1.54, 1.807) is 17.0 Å². The van der Waals surface area contributed by atoms with Crippen molar-refractivity contribution in [2.24, 2.45) is 0 Å². The Balaban J connectivity index is 1.49. The first-order chi connectivity index (χ1) is 13.7. The zero-order valence-corrected chi connectivity index (χ0v) is 15.3. The van der Waals surface area contributed by atoms with E-state index in [9.17, 15) is 9.59 Å². The second kappa shape index (κ2) is 6.43. The van der Waals surface area contributed by atoms with E-state index < -0.39 is 5.54 Å². The number of Topliss-reactive ketones (excluding diaryl/α,β-unsaturated/α-hetero) is 1. The predicted octanol–water partition coefficient (Wildman–Crippen LogP) is 4.35. The summed E-state index contributed by atoms with van der Waals surface area (Å²) in [6, 6.07) is 24.7. The summed E-state index contributed by atoms with van der Waals surface area (Å²) in [6.07, 6.45) is 0.427. The second-order valence-electron chi connectivity index (χ2n) is 7.18. The largest absolute Gasteiger partial charge is 0.377 e. The average Bonchev–Trinajstić information content (AvgIpc) is 3.15. The number of ketones is 1. The van der Waals surface area contributed by atoms with Gasteiger partial charge in [-0.25, -0.2) is 0 Å². The van der Waals surface area contributed by atoms with Gasteiger partial charge < -0.3 is 4.74 Å². The number of hydrogen-bond donors (Lipinski definition) is 0. The molecular weight excluding hydrogens is 350 g/mol. The summed E-state index contributed by atoms with van der Waals surface area (Å²) >= 11 is 0. The van der Waals surface area contributed by atoms with Gasteiger partial charge in [0.15, 0.2) is 5.78 Å². The first kappa shape index (κ1) is 16.9. The monoisotopic (exact) mass is 369 g/mol. The van der Waals surface area contributed by atoms with Crippen LogP contribution in [0.5, 0.6) is 0 Å². The molecule has 0 spiro atoms. The molecule has 28 heavy (non-hydrogen) atoms. The van der Waals surface area contributed by atoms with Crippen molar-refractivity contribution in [3.8, 4) is 0 Å². The van der Waals surface area contributed by atoms with Crippen LogP contribution in [0.1, 0.15) is 38.3 Å². The first-order valence-electron chi connectivity index (χ1n) is 9.43. The zero-order chi connectivity index (χ0) is 19.1. The number of carbonyl (C=O) groups is 2. The quantitative estimate of drug-likeness (QED) is 0.629. The zero-order valence-electron chi connectivity index (χ0n) is 15.3. The Morgan fingerprint density at radius 1 is 0.786 bits per heavy atom.